The number of phenols is 1. The van der Waals surface area contributed by atoms with Gasteiger partial charge in [-0.2, -0.15) is 0 Å². The third-order valence-corrected chi connectivity index (χ3v) is 4.77. The second kappa shape index (κ2) is 19.6. The molecule has 29 heavy (non-hydrogen) atoms. The molecule has 168 valence electrons. The van der Waals surface area contributed by atoms with Crippen LogP contribution in [0.15, 0.2) is 18.2 Å². The molecule has 0 bridgehead atoms. The maximum atomic E-state index is 10.2. The Morgan fingerprint density at radius 1 is 0.931 bits per heavy atom. The summed E-state index contributed by atoms with van der Waals surface area (Å²) in [7, 11) is 1.56. The van der Waals surface area contributed by atoms with Crippen LogP contribution in [-0.4, -0.2) is 29.8 Å². The van der Waals surface area contributed by atoms with Gasteiger partial charge in [0, 0.05) is 13.0 Å². The van der Waals surface area contributed by atoms with Gasteiger partial charge in [-0.15, -0.1) is 0 Å². The number of benzene rings is 1. The molecule has 0 fully saturated rings. The fourth-order valence-electron chi connectivity index (χ4n) is 2.97. The maximum absolute atomic E-state index is 10.2. The monoisotopic (exact) mass is 409 g/mol. The molecule has 0 spiro atoms. The first-order chi connectivity index (χ1) is 14.0. The first-order valence-corrected chi connectivity index (χ1v) is 11.3. The summed E-state index contributed by atoms with van der Waals surface area (Å²) in [5.41, 5.74) is 1.13. The molecule has 0 radical (unpaired) electrons. The summed E-state index contributed by atoms with van der Waals surface area (Å²) in [4.78, 5) is 10.2. The summed E-state index contributed by atoms with van der Waals surface area (Å²) >= 11 is 0. The minimum atomic E-state index is -0.661. The van der Waals surface area contributed by atoms with Crippen molar-refractivity contribution in [3.05, 3.63) is 23.8 Å². The van der Waals surface area contributed by atoms with E-state index in [1.807, 2.05) is 12.1 Å². The lowest BCUT2D eigenvalue weighted by molar-refractivity contribution is -0.137. The highest BCUT2D eigenvalue weighted by atomic mass is 16.5. The van der Waals surface area contributed by atoms with Crippen LogP contribution in [0.4, 0.5) is 0 Å². The molecule has 0 aromatic heterocycles. The Balaban J connectivity index is 0.000000555. The Morgan fingerprint density at radius 2 is 1.52 bits per heavy atom. The van der Waals surface area contributed by atoms with E-state index in [0.29, 0.717) is 12.2 Å². The predicted molar refractivity (Wildman–Crippen MR) is 121 cm³/mol. The van der Waals surface area contributed by atoms with Crippen LogP contribution in [0, 0.1) is 0 Å². The Kier molecular flexibility index (Phi) is 18.4. The molecular weight excluding hydrogens is 366 g/mol. The number of unbranched alkanes of at least 4 members (excludes halogenated alkanes) is 9. The average molecular weight is 410 g/mol. The van der Waals surface area contributed by atoms with E-state index in [1.54, 1.807) is 13.2 Å². The molecule has 0 aliphatic rings. The third-order valence-electron chi connectivity index (χ3n) is 4.77. The van der Waals surface area contributed by atoms with Crippen molar-refractivity contribution in [1.29, 1.82) is 0 Å². The zero-order valence-electron chi connectivity index (χ0n) is 18.8. The number of phenolic OH excluding ortho intramolecular Hbond substituents is 1. The van der Waals surface area contributed by atoms with Crippen LogP contribution in [0.2, 0.25) is 0 Å². The fourth-order valence-corrected chi connectivity index (χ4v) is 2.97. The lowest BCUT2D eigenvalue weighted by atomic mass is 10.1. The van der Waals surface area contributed by atoms with Crippen LogP contribution in [0.1, 0.15) is 96.5 Å². The summed E-state index contributed by atoms with van der Waals surface area (Å²) in [6.45, 7) is 6.27. The Morgan fingerprint density at radius 3 is 2.10 bits per heavy atom. The number of aliphatic carboxylic acids is 1. The molecular formula is C24H43NO4. The zero-order valence-corrected chi connectivity index (χ0v) is 18.8. The van der Waals surface area contributed by atoms with Crippen molar-refractivity contribution in [2.75, 3.05) is 13.7 Å². The van der Waals surface area contributed by atoms with E-state index >= 15 is 0 Å². The summed E-state index contributed by atoms with van der Waals surface area (Å²) in [6.07, 6.45) is 13.8. The number of aromatic hydroxyl groups is 1. The molecule has 3 N–H and O–H groups in total. The average Bonchev–Trinajstić information content (AvgIpc) is 2.71. The van der Waals surface area contributed by atoms with E-state index in [4.69, 9.17) is 9.84 Å². The number of nitrogens with one attached hydrogen (secondary N) is 1. The molecule has 5 heteroatoms. The summed E-state index contributed by atoms with van der Waals surface area (Å²) in [5.74, 6) is 0.0658. The van der Waals surface area contributed by atoms with Crippen LogP contribution in [0.5, 0.6) is 11.5 Å². The van der Waals surface area contributed by atoms with Crippen molar-refractivity contribution in [3.63, 3.8) is 0 Å². The topological polar surface area (TPSA) is 78.8 Å². The van der Waals surface area contributed by atoms with Crippen LogP contribution < -0.4 is 10.1 Å². The van der Waals surface area contributed by atoms with E-state index in [1.165, 1.54) is 57.8 Å². The van der Waals surface area contributed by atoms with Crippen molar-refractivity contribution in [1.82, 2.24) is 5.32 Å². The highest BCUT2D eigenvalue weighted by Gasteiger charge is 2.02. The van der Waals surface area contributed by atoms with Gasteiger partial charge in [0.05, 0.1) is 7.11 Å². The number of ether oxygens (including phenoxy) is 1. The van der Waals surface area contributed by atoms with E-state index in [0.717, 1.165) is 31.5 Å². The normalized spacial score (nSPS) is 10.3. The number of carbonyl (C=O) groups is 1. The van der Waals surface area contributed by atoms with Crippen molar-refractivity contribution in [2.24, 2.45) is 0 Å². The molecule has 0 aliphatic heterocycles. The van der Waals surface area contributed by atoms with Crippen LogP contribution >= 0.6 is 0 Å². The predicted octanol–water partition coefficient (Wildman–Crippen LogP) is 6.28. The minimum Gasteiger partial charge on any atom is -0.504 e. The number of carboxylic acids is 1. The largest absolute Gasteiger partial charge is 0.504 e. The van der Waals surface area contributed by atoms with Gasteiger partial charge in [0.2, 0.25) is 0 Å². The summed E-state index contributed by atoms with van der Waals surface area (Å²) in [6, 6.07) is 5.44. The van der Waals surface area contributed by atoms with Crippen LogP contribution in [-0.2, 0) is 11.3 Å². The second-order valence-electron chi connectivity index (χ2n) is 7.51. The van der Waals surface area contributed by atoms with Gasteiger partial charge < -0.3 is 20.3 Å². The van der Waals surface area contributed by atoms with E-state index in [9.17, 15) is 9.90 Å². The van der Waals surface area contributed by atoms with Crippen LogP contribution in [0.3, 0.4) is 0 Å². The third kappa shape index (κ3) is 16.9. The lowest BCUT2D eigenvalue weighted by Gasteiger charge is -2.07. The van der Waals surface area contributed by atoms with E-state index < -0.39 is 5.97 Å². The zero-order chi connectivity index (χ0) is 21.7. The molecule has 0 saturated heterocycles. The van der Waals surface area contributed by atoms with Crippen LogP contribution in [0.25, 0.3) is 0 Å². The lowest BCUT2D eigenvalue weighted by Crippen LogP contribution is -2.14. The molecule has 0 amide bonds. The number of hydrogen-bond acceptors (Lipinski definition) is 4. The first-order valence-electron chi connectivity index (χ1n) is 11.3. The highest BCUT2D eigenvalue weighted by Crippen LogP contribution is 2.26. The summed E-state index contributed by atoms with van der Waals surface area (Å²) in [5, 5.41) is 21.2. The molecule has 0 unspecified atom stereocenters. The van der Waals surface area contributed by atoms with Crippen molar-refractivity contribution in [2.45, 2.75) is 97.4 Å². The van der Waals surface area contributed by atoms with Crippen molar-refractivity contribution < 1.29 is 19.7 Å². The van der Waals surface area contributed by atoms with Crippen molar-refractivity contribution >= 4 is 5.97 Å². The number of hydrogen-bond donors (Lipinski definition) is 3. The van der Waals surface area contributed by atoms with E-state index in [-0.39, 0.29) is 5.75 Å². The minimum absolute atomic E-state index is 0.192. The molecule has 1 rings (SSSR count). The Hall–Kier alpha value is -1.75. The quantitative estimate of drug-likeness (QED) is 0.280. The smallest absolute Gasteiger partial charge is 0.303 e. The molecule has 0 saturated carbocycles. The second-order valence-corrected chi connectivity index (χ2v) is 7.51. The standard InChI is InChI=1S/C13H21NO2.C11H22O2/c1-3-4-5-8-14-10-11-6-7-12(15)13(9-11)16-2;1-2-3-4-5-6-7-8-9-10-11(12)13/h6-7,9,14-15H,3-5,8,10H2,1-2H3;2-10H2,1H3,(H,12,13). The molecule has 1 aromatic rings. The molecule has 0 heterocycles. The van der Waals surface area contributed by atoms with Gasteiger partial charge in [0.15, 0.2) is 11.5 Å². The first kappa shape index (κ1) is 27.2. The maximum Gasteiger partial charge on any atom is 0.303 e. The summed E-state index contributed by atoms with van der Waals surface area (Å²) < 4.78 is 5.05. The van der Waals surface area contributed by atoms with Gasteiger partial charge in [0.25, 0.3) is 0 Å². The fraction of sp³-hybridized carbons (Fsp3) is 0.708. The van der Waals surface area contributed by atoms with Gasteiger partial charge in [0.1, 0.15) is 0 Å². The number of methoxy groups -OCH3 is 1. The number of rotatable bonds is 16. The number of carboxylic acid groups (broad SMARTS) is 1. The Labute approximate surface area is 177 Å². The molecule has 0 aliphatic carbocycles. The molecule has 1 aromatic carbocycles. The van der Waals surface area contributed by atoms with Crippen molar-refractivity contribution in [3.8, 4) is 11.5 Å². The van der Waals surface area contributed by atoms with Gasteiger partial charge in [-0.1, -0.05) is 77.7 Å². The van der Waals surface area contributed by atoms with Gasteiger partial charge in [-0.25, -0.2) is 0 Å². The highest BCUT2D eigenvalue weighted by molar-refractivity contribution is 5.66. The molecule has 5 nitrogen and oxygen atoms in total. The Bertz CT molecular complexity index is 520. The molecule has 0 atom stereocenters. The van der Waals surface area contributed by atoms with Gasteiger partial charge in [-0.3, -0.25) is 4.79 Å². The van der Waals surface area contributed by atoms with Gasteiger partial charge in [-0.05, 0) is 37.1 Å². The SMILES string of the molecule is CCCCCCCCCCC(=O)O.CCCCCNCc1ccc(O)c(OC)c1. The van der Waals surface area contributed by atoms with Gasteiger partial charge >= 0.3 is 5.97 Å². The van der Waals surface area contributed by atoms with E-state index in [2.05, 4.69) is 19.2 Å².